The summed E-state index contributed by atoms with van der Waals surface area (Å²) in [6, 6.07) is 0. The van der Waals surface area contributed by atoms with Crippen LogP contribution in [-0.4, -0.2) is 92.7 Å². The highest BCUT2D eigenvalue weighted by molar-refractivity contribution is 5.70. The molecule has 8 heteroatoms. The predicted molar refractivity (Wildman–Crippen MR) is 175 cm³/mol. The number of esters is 1. The summed E-state index contributed by atoms with van der Waals surface area (Å²) in [5.74, 6) is 0.944. The Morgan fingerprint density at radius 3 is 2.66 bits per heavy atom. The van der Waals surface area contributed by atoms with E-state index in [-0.39, 0.29) is 36.1 Å². The fourth-order valence-corrected chi connectivity index (χ4v) is 6.26. The molecule has 0 N–H and O–H groups in total. The van der Waals surface area contributed by atoms with Gasteiger partial charge in [0.05, 0.1) is 25.4 Å². The highest BCUT2D eigenvalue weighted by atomic mass is 16.6. The lowest BCUT2D eigenvalue weighted by Gasteiger charge is -2.30. The SMILES string of the molecule is CCCC(C)C1OC1CC(C)C=CC=C(C)C1OC(=O)CCCCC(C)C(OC(=O)N(C)CCN2CCOCC2)C=CC1C. The van der Waals surface area contributed by atoms with E-state index in [2.05, 4.69) is 57.7 Å². The molecule has 0 aromatic carbocycles. The van der Waals surface area contributed by atoms with Crippen LogP contribution in [0, 0.1) is 23.7 Å². The second-order valence-electron chi connectivity index (χ2n) is 13.5. The first-order valence-electron chi connectivity index (χ1n) is 17.2. The van der Waals surface area contributed by atoms with Crippen LogP contribution in [-0.2, 0) is 23.7 Å². The van der Waals surface area contributed by atoms with Crippen LogP contribution in [0.5, 0.6) is 0 Å². The second kappa shape index (κ2) is 18.7. The molecule has 3 rings (SSSR count). The van der Waals surface area contributed by atoms with E-state index in [4.69, 9.17) is 18.9 Å². The first-order chi connectivity index (χ1) is 21.1. The summed E-state index contributed by atoms with van der Waals surface area (Å²) in [5.41, 5.74) is 0.998. The van der Waals surface area contributed by atoms with Crippen molar-refractivity contribution < 1.29 is 28.5 Å². The number of epoxide rings is 1. The number of hydrogen-bond donors (Lipinski definition) is 0. The third-order valence-corrected chi connectivity index (χ3v) is 9.37. The van der Waals surface area contributed by atoms with Crippen molar-refractivity contribution in [3.63, 3.8) is 0 Å². The quantitative estimate of drug-likeness (QED) is 0.103. The van der Waals surface area contributed by atoms with Gasteiger partial charge in [0.25, 0.3) is 0 Å². The molecule has 8 nitrogen and oxygen atoms in total. The van der Waals surface area contributed by atoms with Crippen LogP contribution in [0.4, 0.5) is 4.79 Å². The maximum atomic E-state index is 13.1. The maximum absolute atomic E-state index is 13.1. The van der Waals surface area contributed by atoms with Crippen molar-refractivity contribution in [2.24, 2.45) is 23.7 Å². The molecular weight excluding hydrogens is 556 g/mol. The lowest BCUT2D eigenvalue weighted by atomic mass is 9.92. The summed E-state index contributed by atoms with van der Waals surface area (Å²) in [6.07, 6.45) is 16.5. The average molecular weight is 617 g/mol. The summed E-state index contributed by atoms with van der Waals surface area (Å²) in [5, 5.41) is 0. The Morgan fingerprint density at radius 2 is 1.93 bits per heavy atom. The predicted octanol–water partition coefficient (Wildman–Crippen LogP) is 6.80. The lowest BCUT2D eigenvalue weighted by molar-refractivity contribution is -0.148. The van der Waals surface area contributed by atoms with E-state index in [0.29, 0.717) is 37.0 Å². The standard InChI is InChI=1S/C36H60N2O6/c1-8-12-28(4)35-32(42-35)25-26(2)13-11-15-29(5)34-30(6)17-18-31(27(3)14-9-10-16-33(39)44-34)43-36(40)37(7)19-20-38-21-23-41-24-22-38/h11,13,15,17-18,26-28,30-32,34-35H,8-10,12,14,16,19-25H2,1-7H3. The molecular formula is C36H60N2O6. The van der Waals surface area contributed by atoms with Crippen LogP contribution in [0.25, 0.3) is 0 Å². The summed E-state index contributed by atoms with van der Waals surface area (Å²) in [6.45, 7) is 17.7. The van der Waals surface area contributed by atoms with Gasteiger partial charge in [-0.1, -0.05) is 71.8 Å². The van der Waals surface area contributed by atoms with Crippen LogP contribution >= 0.6 is 0 Å². The highest BCUT2D eigenvalue weighted by Crippen LogP contribution is 2.36. The van der Waals surface area contributed by atoms with Gasteiger partial charge >= 0.3 is 12.1 Å². The van der Waals surface area contributed by atoms with E-state index < -0.39 is 0 Å². The van der Waals surface area contributed by atoms with Crippen LogP contribution < -0.4 is 0 Å². The Bertz CT molecular complexity index is 974. The topological polar surface area (TPSA) is 80.8 Å². The van der Waals surface area contributed by atoms with Gasteiger partial charge in [-0.25, -0.2) is 4.79 Å². The van der Waals surface area contributed by atoms with Gasteiger partial charge in [-0.2, -0.15) is 0 Å². The zero-order chi connectivity index (χ0) is 32.1. The Morgan fingerprint density at radius 1 is 1.18 bits per heavy atom. The Kier molecular flexibility index (Phi) is 15.5. The molecule has 0 radical (unpaired) electrons. The minimum Gasteiger partial charge on any atom is -0.457 e. The number of morpholine rings is 1. The van der Waals surface area contributed by atoms with Gasteiger partial charge in [-0.05, 0) is 62.0 Å². The van der Waals surface area contributed by atoms with Gasteiger partial charge < -0.3 is 23.8 Å². The number of nitrogens with zero attached hydrogens (tertiary/aromatic N) is 2. The largest absolute Gasteiger partial charge is 0.457 e. The van der Waals surface area contributed by atoms with Crippen molar-refractivity contribution in [3.8, 4) is 0 Å². The number of amides is 1. The van der Waals surface area contributed by atoms with Gasteiger partial charge in [0.15, 0.2) is 0 Å². The molecule has 3 heterocycles. The molecule has 2 fully saturated rings. The molecule has 3 aliphatic rings. The molecule has 250 valence electrons. The van der Waals surface area contributed by atoms with Crippen molar-refractivity contribution >= 4 is 12.1 Å². The van der Waals surface area contributed by atoms with Crippen LogP contribution in [0.3, 0.4) is 0 Å². The van der Waals surface area contributed by atoms with Gasteiger partial charge in [-0.3, -0.25) is 9.69 Å². The van der Waals surface area contributed by atoms with Gasteiger partial charge in [0.1, 0.15) is 12.2 Å². The molecule has 0 saturated carbocycles. The number of likely N-dealkylation sites (N-methyl/N-ethyl adjacent to an activating group) is 1. The molecule has 0 aliphatic carbocycles. The van der Waals surface area contributed by atoms with Gasteiger partial charge in [-0.15, -0.1) is 0 Å². The molecule has 0 bridgehead atoms. The minimum absolute atomic E-state index is 0.0754. The van der Waals surface area contributed by atoms with E-state index in [0.717, 1.165) is 64.1 Å². The van der Waals surface area contributed by atoms with Crippen molar-refractivity contribution in [2.75, 3.05) is 46.4 Å². The molecule has 0 aromatic rings. The third kappa shape index (κ3) is 12.3. The number of carbonyl (C=O) groups excluding carboxylic acids is 2. The number of rotatable bonds is 12. The highest BCUT2D eigenvalue weighted by Gasteiger charge is 2.42. The fraction of sp³-hybridized carbons (Fsp3) is 0.778. The Hall–Kier alpha value is -2.16. The van der Waals surface area contributed by atoms with Gasteiger partial charge in [0, 0.05) is 45.6 Å². The van der Waals surface area contributed by atoms with Gasteiger partial charge in [0.2, 0.25) is 0 Å². The number of cyclic esters (lactones) is 1. The molecule has 44 heavy (non-hydrogen) atoms. The zero-order valence-electron chi connectivity index (χ0n) is 28.5. The van der Waals surface area contributed by atoms with E-state index in [1.165, 1.54) is 12.8 Å². The van der Waals surface area contributed by atoms with Crippen LogP contribution in [0.1, 0.15) is 86.5 Å². The summed E-state index contributed by atoms with van der Waals surface area (Å²) < 4.78 is 23.5. The summed E-state index contributed by atoms with van der Waals surface area (Å²) in [7, 11) is 1.80. The fourth-order valence-electron chi connectivity index (χ4n) is 6.26. The van der Waals surface area contributed by atoms with Crippen molar-refractivity contribution in [1.82, 2.24) is 9.80 Å². The molecule has 8 atom stereocenters. The summed E-state index contributed by atoms with van der Waals surface area (Å²) in [4.78, 5) is 29.8. The van der Waals surface area contributed by atoms with Crippen LogP contribution in [0.15, 0.2) is 36.0 Å². The number of allylic oxidation sites excluding steroid dienone is 3. The molecule has 0 spiro atoms. The van der Waals surface area contributed by atoms with Crippen molar-refractivity contribution in [2.45, 2.75) is 111 Å². The van der Waals surface area contributed by atoms with E-state index in [1.54, 1.807) is 11.9 Å². The summed E-state index contributed by atoms with van der Waals surface area (Å²) >= 11 is 0. The molecule has 2 saturated heterocycles. The number of ether oxygens (including phenoxy) is 4. The van der Waals surface area contributed by atoms with Crippen molar-refractivity contribution in [3.05, 3.63) is 36.0 Å². The maximum Gasteiger partial charge on any atom is 0.410 e. The zero-order valence-corrected chi connectivity index (χ0v) is 28.5. The first-order valence-corrected chi connectivity index (χ1v) is 17.2. The lowest BCUT2D eigenvalue weighted by Crippen LogP contribution is -2.42. The third-order valence-electron chi connectivity index (χ3n) is 9.37. The average Bonchev–Trinajstić information content (AvgIpc) is 3.77. The second-order valence-corrected chi connectivity index (χ2v) is 13.5. The van der Waals surface area contributed by atoms with E-state index in [1.807, 2.05) is 19.1 Å². The molecule has 0 aromatic heterocycles. The van der Waals surface area contributed by atoms with E-state index >= 15 is 0 Å². The van der Waals surface area contributed by atoms with Crippen LogP contribution in [0.2, 0.25) is 0 Å². The Labute approximate surface area is 267 Å². The smallest absolute Gasteiger partial charge is 0.410 e. The molecule has 8 unspecified atom stereocenters. The molecule has 1 amide bonds. The van der Waals surface area contributed by atoms with E-state index in [9.17, 15) is 9.59 Å². The number of hydrogen-bond acceptors (Lipinski definition) is 7. The minimum atomic E-state index is -0.382. The normalized spacial score (nSPS) is 30.6. The first kappa shape index (κ1) is 36.3. The van der Waals surface area contributed by atoms with Crippen molar-refractivity contribution in [1.29, 1.82) is 0 Å². The Balaban J connectivity index is 1.60. The molecule has 3 aliphatic heterocycles. The number of carbonyl (C=O) groups is 2. The monoisotopic (exact) mass is 616 g/mol.